The van der Waals surface area contributed by atoms with Gasteiger partial charge < -0.3 is 14.6 Å². The third-order valence-corrected chi connectivity index (χ3v) is 9.27. The van der Waals surface area contributed by atoms with Gasteiger partial charge in [-0.25, -0.2) is 0 Å². The number of aromatic nitrogens is 1. The monoisotopic (exact) mass is 603 g/mol. The molecule has 3 heterocycles. The lowest BCUT2D eigenvalue weighted by Gasteiger charge is -2.37. The molecule has 2 aliphatic heterocycles. The molecule has 1 N–H and O–H groups in total. The molecule has 6 nitrogen and oxygen atoms in total. The number of benzene rings is 3. The molecule has 0 spiro atoms. The number of likely N-dealkylation sites (tertiary alicyclic amines) is 1. The van der Waals surface area contributed by atoms with Crippen molar-refractivity contribution in [3.05, 3.63) is 106 Å². The van der Waals surface area contributed by atoms with Gasteiger partial charge in [0.2, 0.25) is 5.91 Å². The molecule has 1 amide bonds. The van der Waals surface area contributed by atoms with E-state index >= 15 is 0 Å². The molecule has 3 aromatic carbocycles. The Morgan fingerprint density at radius 2 is 1.69 bits per heavy atom. The summed E-state index contributed by atoms with van der Waals surface area (Å²) >= 11 is 12.5. The predicted molar refractivity (Wildman–Crippen MR) is 167 cm³/mol. The summed E-state index contributed by atoms with van der Waals surface area (Å²) < 4.78 is 5.48. The SMILES string of the molecule is O=C1C[C@](C(=O)CCCCN2CCOCC2)(c2ccccc2)[C@H](c2c[nH]c3cc(Cl)ccc23)N1Cc1ccc(Cl)cc1. The smallest absolute Gasteiger partial charge is 0.224 e. The number of hydrogen-bond donors (Lipinski definition) is 1. The second-order valence-corrected chi connectivity index (χ2v) is 12.2. The van der Waals surface area contributed by atoms with Crippen molar-refractivity contribution in [1.82, 2.24) is 14.8 Å². The van der Waals surface area contributed by atoms with Gasteiger partial charge in [0.15, 0.2) is 0 Å². The van der Waals surface area contributed by atoms with Crippen LogP contribution in [0.4, 0.5) is 0 Å². The first-order valence-electron chi connectivity index (χ1n) is 14.6. The molecule has 218 valence electrons. The van der Waals surface area contributed by atoms with Crippen molar-refractivity contribution in [1.29, 1.82) is 0 Å². The number of amides is 1. The maximum Gasteiger partial charge on any atom is 0.224 e. The Balaban J connectivity index is 1.40. The fourth-order valence-electron chi connectivity index (χ4n) is 6.67. The van der Waals surface area contributed by atoms with Crippen LogP contribution < -0.4 is 0 Å². The average Bonchev–Trinajstić information content (AvgIpc) is 3.55. The summed E-state index contributed by atoms with van der Waals surface area (Å²) in [5.74, 6) is 0.0692. The van der Waals surface area contributed by atoms with E-state index in [2.05, 4.69) is 9.88 Å². The second-order valence-electron chi connectivity index (χ2n) is 11.3. The molecule has 0 radical (unpaired) electrons. The number of H-pyrrole nitrogens is 1. The number of Topliss-reactive ketones (excluding diaryl/α,β-unsaturated/α-hetero) is 1. The van der Waals surface area contributed by atoms with Crippen LogP contribution in [-0.2, 0) is 26.3 Å². The van der Waals surface area contributed by atoms with Crippen LogP contribution in [0.1, 0.15) is 48.4 Å². The number of halogens is 2. The minimum absolute atomic E-state index is 0.0382. The summed E-state index contributed by atoms with van der Waals surface area (Å²) in [5, 5.41) is 2.23. The number of carbonyl (C=O) groups is 2. The highest BCUT2D eigenvalue weighted by Crippen LogP contribution is 2.53. The molecule has 42 heavy (non-hydrogen) atoms. The van der Waals surface area contributed by atoms with Crippen LogP contribution in [0, 0.1) is 0 Å². The lowest BCUT2D eigenvalue weighted by molar-refractivity contribution is -0.129. The first-order chi connectivity index (χ1) is 20.5. The fraction of sp³-hybridized carbons (Fsp3) is 0.353. The first kappa shape index (κ1) is 28.9. The van der Waals surface area contributed by atoms with Crippen molar-refractivity contribution < 1.29 is 14.3 Å². The number of morpholine rings is 1. The van der Waals surface area contributed by atoms with Gasteiger partial charge in [0.1, 0.15) is 5.78 Å². The Kier molecular flexibility index (Phi) is 8.68. The van der Waals surface area contributed by atoms with E-state index in [9.17, 15) is 9.59 Å². The number of rotatable bonds is 10. The van der Waals surface area contributed by atoms with Crippen molar-refractivity contribution in [2.75, 3.05) is 32.8 Å². The quantitative estimate of drug-likeness (QED) is 0.199. The summed E-state index contributed by atoms with van der Waals surface area (Å²) in [6.07, 6.45) is 4.17. The van der Waals surface area contributed by atoms with E-state index in [1.54, 1.807) is 0 Å². The topological polar surface area (TPSA) is 65.6 Å². The largest absolute Gasteiger partial charge is 0.379 e. The normalized spacial score (nSPS) is 21.3. The standard InChI is InChI=1S/C34H35Cl2N3O3/c35-26-11-9-24(10-12-26)23-39-32(41)21-34(25-6-2-1-3-7-25,31(40)8-4-5-15-38-16-18-42-19-17-38)33(39)29-22-37-30-20-27(36)13-14-28(29)30/h1-3,6-7,9-14,20,22,33,37H,4-5,8,15-19,21,23H2/t33-,34+/m0/s1. The van der Waals surface area contributed by atoms with Crippen LogP contribution in [0.2, 0.25) is 10.0 Å². The molecule has 2 saturated heterocycles. The van der Waals surface area contributed by atoms with Gasteiger partial charge in [0, 0.05) is 65.2 Å². The summed E-state index contributed by atoms with van der Waals surface area (Å²) in [6.45, 7) is 4.72. The number of carbonyl (C=O) groups excluding carboxylic acids is 2. The van der Waals surface area contributed by atoms with Crippen LogP contribution in [0.15, 0.2) is 79.0 Å². The molecule has 4 aromatic rings. The Bertz CT molecular complexity index is 1550. The molecular formula is C34H35Cl2N3O3. The third kappa shape index (κ3) is 5.73. The molecule has 2 atom stereocenters. The second kappa shape index (κ2) is 12.6. The van der Waals surface area contributed by atoms with Crippen LogP contribution in [0.3, 0.4) is 0 Å². The van der Waals surface area contributed by atoms with E-state index in [0.29, 0.717) is 23.0 Å². The number of fused-ring (bicyclic) bond motifs is 1. The van der Waals surface area contributed by atoms with E-state index in [4.69, 9.17) is 27.9 Å². The van der Waals surface area contributed by atoms with Gasteiger partial charge in [-0.15, -0.1) is 0 Å². The molecule has 2 aliphatic rings. The zero-order chi connectivity index (χ0) is 29.1. The van der Waals surface area contributed by atoms with Crippen molar-refractivity contribution in [3.8, 4) is 0 Å². The van der Waals surface area contributed by atoms with Gasteiger partial charge in [-0.05, 0) is 54.8 Å². The van der Waals surface area contributed by atoms with E-state index in [1.807, 2.05) is 83.9 Å². The zero-order valence-electron chi connectivity index (χ0n) is 23.5. The molecule has 2 fully saturated rings. The maximum absolute atomic E-state index is 14.6. The summed E-state index contributed by atoms with van der Waals surface area (Å²) in [4.78, 5) is 36.4. The molecule has 1 aromatic heterocycles. The van der Waals surface area contributed by atoms with Crippen LogP contribution in [0.25, 0.3) is 10.9 Å². The Labute approximate surface area is 256 Å². The van der Waals surface area contributed by atoms with Gasteiger partial charge in [0.05, 0.1) is 24.7 Å². The summed E-state index contributed by atoms with van der Waals surface area (Å²) in [7, 11) is 0. The number of nitrogens with one attached hydrogen (secondary N) is 1. The molecule has 6 rings (SSSR count). The number of nitrogens with zero attached hydrogens (tertiary/aromatic N) is 2. The van der Waals surface area contributed by atoms with Gasteiger partial charge in [-0.2, -0.15) is 0 Å². The van der Waals surface area contributed by atoms with Crippen molar-refractivity contribution in [2.24, 2.45) is 0 Å². The van der Waals surface area contributed by atoms with E-state index in [-0.39, 0.29) is 18.1 Å². The van der Waals surface area contributed by atoms with Crippen molar-refractivity contribution in [2.45, 2.75) is 43.7 Å². The lowest BCUT2D eigenvalue weighted by atomic mass is 9.67. The van der Waals surface area contributed by atoms with E-state index in [0.717, 1.165) is 73.3 Å². The summed E-state index contributed by atoms with van der Waals surface area (Å²) in [5.41, 5.74) is 2.61. The lowest BCUT2D eigenvalue weighted by Crippen LogP contribution is -2.42. The number of hydrogen-bond acceptors (Lipinski definition) is 4. The third-order valence-electron chi connectivity index (χ3n) is 8.78. The number of aromatic amines is 1. The fourth-order valence-corrected chi connectivity index (χ4v) is 6.97. The predicted octanol–water partition coefficient (Wildman–Crippen LogP) is 6.96. The van der Waals surface area contributed by atoms with Gasteiger partial charge in [-0.1, -0.05) is 71.7 Å². The van der Waals surface area contributed by atoms with E-state index < -0.39 is 11.5 Å². The molecule has 0 unspecified atom stereocenters. The molecule has 0 aliphatic carbocycles. The number of unbranched alkanes of at least 4 members (excludes halogenated alkanes) is 1. The highest BCUT2D eigenvalue weighted by Gasteiger charge is 2.57. The molecule has 0 bridgehead atoms. The number of ether oxygens (including phenoxy) is 1. The minimum atomic E-state index is -1.03. The maximum atomic E-state index is 14.6. The molecular weight excluding hydrogens is 569 g/mol. The van der Waals surface area contributed by atoms with Gasteiger partial charge in [-0.3, -0.25) is 14.5 Å². The van der Waals surface area contributed by atoms with Crippen LogP contribution in [0.5, 0.6) is 0 Å². The minimum Gasteiger partial charge on any atom is -0.379 e. The van der Waals surface area contributed by atoms with Crippen LogP contribution in [-0.4, -0.2) is 59.3 Å². The summed E-state index contributed by atoms with van der Waals surface area (Å²) in [6, 6.07) is 22.7. The van der Waals surface area contributed by atoms with E-state index in [1.165, 1.54) is 0 Å². The Morgan fingerprint density at radius 1 is 0.952 bits per heavy atom. The molecule has 8 heteroatoms. The number of ketones is 1. The van der Waals surface area contributed by atoms with Crippen LogP contribution >= 0.6 is 23.2 Å². The van der Waals surface area contributed by atoms with Crippen molar-refractivity contribution >= 4 is 45.8 Å². The highest BCUT2D eigenvalue weighted by atomic mass is 35.5. The average molecular weight is 605 g/mol. The van der Waals surface area contributed by atoms with Gasteiger partial charge in [0.25, 0.3) is 0 Å². The van der Waals surface area contributed by atoms with Gasteiger partial charge >= 0.3 is 0 Å². The zero-order valence-corrected chi connectivity index (χ0v) is 25.0. The highest BCUT2D eigenvalue weighted by molar-refractivity contribution is 6.31. The first-order valence-corrected chi connectivity index (χ1v) is 15.4. The van der Waals surface area contributed by atoms with Crippen molar-refractivity contribution in [3.63, 3.8) is 0 Å². The molecule has 0 saturated carbocycles. The Morgan fingerprint density at radius 3 is 2.45 bits per heavy atom. The Hall–Kier alpha value is -3.16.